The predicted octanol–water partition coefficient (Wildman–Crippen LogP) is -1.06. The highest BCUT2D eigenvalue weighted by Gasteiger charge is 2.30. The summed E-state index contributed by atoms with van der Waals surface area (Å²) < 4.78 is 4.72. The second-order valence-electron chi connectivity index (χ2n) is 8.25. The summed E-state index contributed by atoms with van der Waals surface area (Å²) in [5.41, 5.74) is 1.39. The van der Waals surface area contributed by atoms with E-state index in [1.54, 1.807) is 6.07 Å². The fraction of sp³-hybridized carbons (Fsp3) is 0.522. The van der Waals surface area contributed by atoms with Gasteiger partial charge in [0.2, 0.25) is 23.6 Å². The molecule has 192 valence electrons. The molecule has 12 heteroatoms. The van der Waals surface area contributed by atoms with Crippen molar-refractivity contribution in [3.63, 3.8) is 0 Å². The smallest absolute Gasteiger partial charge is 0.308 e. The number of carbonyl (C=O) groups is 5. The number of hydrogen-bond donors (Lipinski definition) is 6. The Bertz CT molecular complexity index is 906. The fourth-order valence-electron chi connectivity index (χ4n) is 3.77. The minimum Gasteiger partial charge on any atom is -0.469 e. The Morgan fingerprint density at radius 1 is 0.771 bits per heavy atom. The molecule has 1 aromatic rings. The maximum atomic E-state index is 12.2. The minimum atomic E-state index is -0.596. The van der Waals surface area contributed by atoms with Crippen LogP contribution >= 0.6 is 0 Å². The summed E-state index contributed by atoms with van der Waals surface area (Å²) in [4.78, 5) is 59.7. The molecule has 4 amide bonds. The molecular formula is C23H32N4O8. The van der Waals surface area contributed by atoms with Gasteiger partial charge in [-0.25, -0.2) is 0 Å². The molecule has 1 aliphatic rings. The summed E-state index contributed by atoms with van der Waals surface area (Å²) in [6.07, 6.45) is 2.17. The van der Waals surface area contributed by atoms with Gasteiger partial charge in [-0.1, -0.05) is 6.07 Å². The third kappa shape index (κ3) is 9.33. The third-order valence-electron chi connectivity index (χ3n) is 5.65. The number of hydrogen-bond acceptors (Lipinski definition) is 8. The summed E-state index contributed by atoms with van der Waals surface area (Å²) >= 11 is 0. The van der Waals surface area contributed by atoms with E-state index in [1.165, 1.54) is 19.2 Å². The zero-order chi connectivity index (χ0) is 25.8. The molecule has 0 aliphatic heterocycles. The van der Waals surface area contributed by atoms with Gasteiger partial charge in [0.1, 0.15) is 0 Å². The Balaban J connectivity index is 1.64. The molecule has 0 heterocycles. The van der Waals surface area contributed by atoms with Crippen LogP contribution in [0.1, 0.15) is 36.8 Å². The predicted molar refractivity (Wildman–Crippen MR) is 123 cm³/mol. The molecule has 1 aromatic carbocycles. The van der Waals surface area contributed by atoms with E-state index in [0.29, 0.717) is 42.5 Å². The van der Waals surface area contributed by atoms with Crippen molar-refractivity contribution in [3.05, 3.63) is 29.3 Å². The highest BCUT2D eigenvalue weighted by atomic mass is 16.5. The molecule has 1 saturated carbocycles. The Kier molecular flexibility index (Phi) is 11.1. The Morgan fingerprint density at radius 2 is 1.26 bits per heavy atom. The molecule has 0 aromatic heterocycles. The highest BCUT2D eigenvalue weighted by molar-refractivity contribution is 5.95. The van der Waals surface area contributed by atoms with Crippen LogP contribution in [0, 0.1) is 11.8 Å². The van der Waals surface area contributed by atoms with Crippen molar-refractivity contribution in [1.29, 1.82) is 0 Å². The van der Waals surface area contributed by atoms with Crippen LogP contribution in [-0.2, 0) is 41.9 Å². The summed E-state index contributed by atoms with van der Waals surface area (Å²) in [6, 6.07) is 4.68. The molecule has 35 heavy (non-hydrogen) atoms. The van der Waals surface area contributed by atoms with Gasteiger partial charge in [0.05, 0.1) is 45.9 Å². The lowest BCUT2D eigenvalue weighted by molar-refractivity contribution is -0.147. The number of amides is 4. The van der Waals surface area contributed by atoms with Gasteiger partial charge < -0.3 is 36.2 Å². The quantitative estimate of drug-likeness (QED) is 0.211. The van der Waals surface area contributed by atoms with E-state index < -0.39 is 17.7 Å². The standard InChI is InChI=1S/C23H32N4O8/c1-35-23(34)17-4-2-16(3-5-17)22(33)26-10-20(31)24-9-19(30)25-11-21(32)27-18-7-14(12-28)6-15(8-18)13-29/h6-8,16-17,28-29H,2-5,9-13H2,1H3,(H,24,31)(H,25,30)(H,26,33)(H,27,32). The molecular weight excluding hydrogens is 460 g/mol. The number of rotatable bonds is 11. The van der Waals surface area contributed by atoms with Gasteiger partial charge >= 0.3 is 5.97 Å². The number of aliphatic hydroxyl groups is 2. The van der Waals surface area contributed by atoms with Gasteiger partial charge in [0, 0.05) is 11.6 Å². The fourth-order valence-corrected chi connectivity index (χ4v) is 3.77. The van der Waals surface area contributed by atoms with E-state index >= 15 is 0 Å². The first-order valence-corrected chi connectivity index (χ1v) is 11.3. The second-order valence-corrected chi connectivity index (χ2v) is 8.25. The van der Waals surface area contributed by atoms with Gasteiger partial charge in [-0.05, 0) is 48.9 Å². The molecule has 0 atom stereocenters. The Hall–Kier alpha value is -3.51. The van der Waals surface area contributed by atoms with E-state index in [1.807, 2.05) is 0 Å². The summed E-state index contributed by atoms with van der Waals surface area (Å²) in [7, 11) is 1.34. The van der Waals surface area contributed by atoms with E-state index in [0.717, 1.165) is 0 Å². The van der Waals surface area contributed by atoms with Crippen LogP contribution in [-0.4, -0.2) is 66.6 Å². The first-order chi connectivity index (χ1) is 16.7. The number of ether oxygens (including phenoxy) is 1. The molecule has 0 unspecified atom stereocenters. The molecule has 0 saturated heterocycles. The lowest BCUT2D eigenvalue weighted by atomic mass is 9.81. The molecule has 0 bridgehead atoms. The van der Waals surface area contributed by atoms with Crippen molar-refractivity contribution >= 4 is 35.3 Å². The topological polar surface area (TPSA) is 183 Å². The van der Waals surface area contributed by atoms with Gasteiger partial charge in [0.15, 0.2) is 0 Å². The van der Waals surface area contributed by atoms with E-state index in [2.05, 4.69) is 21.3 Å². The first-order valence-electron chi connectivity index (χ1n) is 11.3. The number of aliphatic hydroxyl groups excluding tert-OH is 2. The van der Waals surface area contributed by atoms with Crippen LogP contribution in [0.2, 0.25) is 0 Å². The summed E-state index contributed by atoms with van der Waals surface area (Å²) in [5, 5.41) is 28.3. The average molecular weight is 493 g/mol. The maximum Gasteiger partial charge on any atom is 0.308 e. The summed E-state index contributed by atoms with van der Waals surface area (Å²) in [5.74, 6) is -2.71. The van der Waals surface area contributed by atoms with Crippen LogP contribution in [0.3, 0.4) is 0 Å². The number of esters is 1. The van der Waals surface area contributed by atoms with Crippen LogP contribution in [0.15, 0.2) is 18.2 Å². The molecule has 2 rings (SSSR count). The molecule has 1 aliphatic carbocycles. The van der Waals surface area contributed by atoms with Gasteiger partial charge in [-0.2, -0.15) is 0 Å². The monoisotopic (exact) mass is 492 g/mol. The Morgan fingerprint density at radius 3 is 1.77 bits per heavy atom. The maximum absolute atomic E-state index is 12.2. The molecule has 0 spiro atoms. The number of nitrogens with one attached hydrogen (secondary N) is 4. The molecule has 1 fully saturated rings. The number of benzene rings is 1. The van der Waals surface area contributed by atoms with Crippen molar-refractivity contribution in [2.75, 3.05) is 32.1 Å². The largest absolute Gasteiger partial charge is 0.469 e. The average Bonchev–Trinajstić information content (AvgIpc) is 2.88. The van der Waals surface area contributed by atoms with Gasteiger partial charge in [-0.3, -0.25) is 24.0 Å². The zero-order valence-electron chi connectivity index (χ0n) is 19.6. The van der Waals surface area contributed by atoms with Crippen molar-refractivity contribution in [1.82, 2.24) is 16.0 Å². The summed E-state index contributed by atoms with van der Waals surface area (Å²) in [6.45, 7) is -1.54. The van der Waals surface area contributed by atoms with Crippen LogP contribution in [0.5, 0.6) is 0 Å². The Labute approximate surface area is 202 Å². The number of carbonyl (C=O) groups excluding carboxylic acids is 5. The lowest BCUT2D eigenvalue weighted by Gasteiger charge is -2.25. The van der Waals surface area contributed by atoms with Crippen molar-refractivity contribution in [3.8, 4) is 0 Å². The van der Waals surface area contributed by atoms with Crippen molar-refractivity contribution in [2.24, 2.45) is 11.8 Å². The van der Waals surface area contributed by atoms with Crippen LogP contribution in [0.4, 0.5) is 5.69 Å². The molecule has 6 N–H and O–H groups in total. The molecule has 0 radical (unpaired) electrons. The van der Waals surface area contributed by atoms with Crippen LogP contribution in [0.25, 0.3) is 0 Å². The molecule has 12 nitrogen and oxygen atoms in total. The van der Waals surface area contributed by atoms with Crippen molar-refractivity contribution < 1.29 is 38.9 Å². The third-order valence-corrected chi connectivity index (χ3v) is 5.65. The van der Waals surface area contributed by atoms with Crippen LogP contribution < -0.4 is 21.3 Å². The van der Waals surface area contributed by atoms with Gasteiger partial charge in [0.25, 0.3) is 0 Å². The first kappa shape index (κ1) is 27.7. The van der Waals surface area contributed by atoms with E-state index in [-0.39, 0.29) is 56.6 Å². The SMILES string of the molecule is COC(=O)C1CCC(C(=O)NCC(=O)NCC(=O)NCC(=O)Nc2cc(CO)cc(CO)c2)CC1. The highest BCUT2D eigenvalue weighted by Crippen LogP contribution is 2.29. The lowest BCUT2D eigenvalue weighted by Crippen LogP contribution is -2.44. The van der Waals surface area contributed by atoms with Crippen molar-refractivity contribution in [2.45, 2.75) is 38.9 Å². The second kappa shape index (κ2) is 14.0. The zero-order valence-corrected chi connectivity index (χ0v) is 19.6. The van der Waals surface area contributed by atoms with E-state index in [9.17, 15) is 34.2 Å². The van der Waals surface area contributed by atoms with Gasteiger partial charge in [-0.15, -0.1) is 0 Å². The number of methoxy groups -OCH3 is 1. The normalized spacial score (nSPS) is 17.1. The van der Waals surface area contributed by atoms with E-state index in [4.69, 9.17) is 4.74 Å². The minimum absolute atomic E-state index is 0.198. The number of anilines is 1.